The molecule has 0 N–H and O–H groups in total. The third kappa shape index (κ3) is 3.99. The Morgan fingerprint density at radius 3 is 1.31 bits per heavy atom. The van der Waals surface area contributed by atoms with Gasteiger partial charge in [0.25, 0.3) is 0 Å². The Hall–Kier alpha value is -2.86. The van der Waals surface area contributed by atoms with Gasteiger partial charge in [-0.25, -0.2) is 0 Å². The largest absolute Gasteiger partial charge is 0.496 e. The van der Waals surface area contributed by atoms with Crippen LogP contribution in [0, 0.1) is 0 Å². The van der Waals surface area contributed by atoms with E-state index in [1.54, 1.807) is 14.2 Å². The first-order chi connectivity index (χ1) is 15.8. The van der Waals surface area contributed by atoms with Crippen LogP contribution in [-0.4, -0.2) is 21.3 Å². The van der Waals surface area contributed by atoms with Gasteiger partial charge in [-0.3, -0.25) is 4.74 Å². The van der Waals surface area contributed by atoms with Gasteiger partial charge in [0.2, 0.25) is 0 Å². The molecule has 0 saturated carbocycles. The van der Waals surface area contributed by atoms with Crippen LogP contribution in [0.2, 0.25) is 0 Å². The fraction of sp³-hybridized carbons (Fsp3) is 0.111. The predicted octanol–water partition coefficient (Wildman–Crippen LogP) is 5.53. The van der Waals surface area contributed by atoms with Gasteiger partial charge in [0.15, 0.2) is 0 Å². The van der Waals surface area contributed by atoms with Crippen LogP contribution in [0.1, 0.15) is 0 Å². The van der Waals surface area contributed by atoms with Gasteiger partial charge < -0.3 is 9.47 Å². The summed E-state index contributed by atoms with van der Waals surface area (Å²) in [7, 11) is 4.51. The molecule has 0 amide bonds. The number of ether oxygens (including phenoxy) is 2. The average molecular weight is 459 g/mol. The fourth-order valence-electron chi connectivity index (χ4n) is 4.05. The van der Waals surface area contributed by atoms with Gasteiger partial charge in [-0.2, -0.15) is 0 Å². The minimum absolute atomic E-state index is 0.858. The molecule has 162 valence electrons. The summed E-state index contributed by atoms with van der Waals surface area (Å²) in [4.78, 5) is 0. The molecule has 32 heavy (non-hydrogen) atoms. The number of para-hydroxylation sites is 2. The lowest BCUT2D eigenvalue weighted by atomic mass is 10.3. The fourth-order valence-corrected chi connectivity index (χ4v) is 14.4. The van der Waals surface area contributed by atoms with E-state index in [0.29, 0.717) is 0 Å². The molecule has 4 aromatic carbocycles. The first kappa shape index (κ1) is 22.3. The third-order valence-corrected chi connectivity index (χ3v) is 15.2. The number of benzene rings is 4. The van der Waals surface area contributed by atoms with E-state index < -0.39 is 14.4 Å². The Balaban J connectivity index is 2.18. The van der Waals surface area contributed by atoms with Gasteiger partial charge in [-0.05, 0) is 34.9 Å². The molecule has 0 aliphatic carbocycles. The smallest absolute Gasteiger partial charge is 0.128 e. The summed E-state index contributed by atoms with van der Waals surface area (Å²) in [6.45, 7) is -2.40. The van der Waals surface area contributed by atoms with Crippen molar-refractivity contribution in [3.05, 3.63) is 109 Å². The van der Waals surface area contributed by atoms with Crippen molar-refractivity contribution in [2.75, 3.05) is 21.3 Å². The maximum absolute atomic E-state index is 5.91. The molecule has 0 atom stereocenters. The highest BCUT2D eigenvalue weighted by Gasteiger charge is 2.39. The topological polar surface area (TPSA) is 30.8 Å². The third-order valence-electron chi connectivity index (χ3n) is 5.42. The molecular weight excluding hydrogens is 432 g/mol. The lowest BCUT2D eigenvalue weighted by Gasteiger charge is -2.36. The molecule has 4 rings (SSSR count). The monoisotopic (exact) mass is 459 g/mol. The van der Waals surface area contributed by atoms with E-state index in [9.17, 15) is 0 Å². The summed E-state index contributed by atoms with van der Waals surface area (Å²) in [5.74, 6) is 1.72. The zero-order chi connectivity index (χ0) is 22.4. The van der Waals surface area contributed by atoms with Crippen LogP contribution in [0.3, 0.4) is 0 Å². The van der Waals surface area contributed by atoms with Crippen molar-refractivity contribution in [2.45, 2.75) is 0 Å². The van der Waals surface area contributed by atoms with Gasteiger partial charge in [0, 0.05) is 25.3 Å². The van der Waals surface area contributed by atoms with E-state index in [1.165, 1.54) is 10.6 Å². The van der Waals surface area contributed by atoms with Gasteiger partial charge >= 0.3 is 0 Å². The molecule has 0 spiro atoms. The van der Waals surface area contributed by atoms with Crippen LogP contribution in [0.4, 0.5) is 0 Å². The molecule has 0 aliphatic heterocycles. The van der Waals surface area contributed by atoms with Crippen LogP contribution in [0.5, 0.6) is 11.5 Å². The molecule has 0 fully saturated rings. The van der Waals surface area contributed by atoms with Crippen LogP contribution < -0.4 is 30.7 Å². The quantitative estimate of drug-likeness (QED) is 0.340. The first-order valence-corrected chi connectivity index (χ1v) is 14.2. The average Bonchev–Trinajstić information content (AvgIpc) is 2.88. The van der Waals surface area contributed by atoms with Crippen molar-refractivity contribution < 1.29 is 9.47 Å². The lowest BCUT2D eigenvalue weighted by Crippen LogP contribution is -2.25. The Labute approximate surface area is 191 Å². The normalized spacial score (nSPS) is 11.2. The van der Waals surface area contributed by atoms with Gasteiger partial charge in [0.05, 0.1) is 21.0 Å². The molecule has 0 aromatic heterocycles. The van der Waals surface area contributed by atoms with Crippen molar-refractivity contribution in [1.82, 2.24) is 0 Å². The predicted molar refractivity (Wildman–Crippen MR) is 140 cm³/mol. The molecule has 0 radical (unpaired) electrons. The second kappa shape index (κ2) is 10.2. The standard InChI is InChI=1S/C27H27NO2P2/c1-28-32(26-20-12-10-18-24(26)29-2,27-21-13-11-19-25(27)30-3)31(22-14-6-4-7-15-22)23-16-8-5-9-17-23/h4-21H,1-3H3. The Bertz CT molecular complexity index is 1140. The molecule has 3 nitrogen and oxygen atoms in total. The molecule has 0 aliphatic rings. The first-order valence-electron chi connectivity index (χ1n) is 10.4. The van der Waals surface area contributed by atoms with Crippen LogP contribution in [0.25, 0.3) is 0 Å². The minimum Gasteiger partial charge on any atom is -0.496 e. The minimum atomic E-state index is -2.40. The number of hydrogen-bond acceptors (Lipinski definition) is 3. The SMILES string of the molecule is CN=P(c1ccccc1OC)(c1ccccc1OC)P(c1ccccc1)c1ccccc1. The molecule has 0 bridgehead atoms. The highest BCUT2D eigenvalue weighted by atomic mass is 32.1. The molecule has 0 heterocycles. The zero-order valence-corrected chi connectivity index (χ0v) is 20.3. The van der Waals surface area contributed by atoms with E-state index in [-0.39, 0.29) is 0 Å². The molecule has 5 heteroatoms. The number of hydrogen-bond donors (Lipinski definition) is 0. The Morgan fingerprint density at radius 2 is 0.938 bits per heavy atom. The van der Waals surface area contributed by atoms with E-state index in [4.69, 9.17) is 14.2 Å². The maximum atomic E-state index is 5.91. The van der Waals surface area contributed by atoms with Crippen LogP contribution in [-0.2, 0) is 0 Å². The summed E-state index contributed by atoms with van der Waals surface area (Å²) in [6, 6.07) is 38.1. The Kier molecular flexibility index (Phi) is 7.10. The van der Waals surface area contributed by atoms with Crippen molar-refractivity contribution in [3.63, 3.8) is 0 Å². The van der Waals surface area contributed by atoms with Crippen molar-refractivity contribution >= 4 is 35.6 Å². The van der Waals surface area contributed by atoms with Crippen LogP contribution in [0.15, 0.2) is 114 Å². The van der Waals surface area contributed by atoms with Crippen molar-refractivity contribution in [2.24, 2.45) is 4.74 Å². The summed E-state index contributed by atoms with van der Waals surface area (Å²) in [5, 5.41) is 4.83. The Morgan fingerprint density at radius 1 is 0.562 bits per heavy atom. The second-order valence-corrected chi connectivity index (χ2v) is 14.3. The number of rotatable bonds is 7. The summed E-state index contributed by atoms with van der Waals surface area (Å²) >= 11 is 0. The van der Waals surface area contributed by atoms with E-state index >= 15 is 0 Å². The van der Waals surface area contributed by atoms with Gasteiger partial charge in [-0.1, -0.05) is 84.9 Å². The number of nitrogens with zero attached hydrogens (tertiary/aromatic N) is 1. The molecule has 0 saturated heterocycles. The number of methoxy groups -OCH3 is 2. The molecular formula is C27H27NO2P2. The highest BCUT2D eigenvalue weighted by molar-refractivity contribution is 8.45. The summed E-state index contributed by atoms with van der Waals surface area (Å²) in [6.07, 6.45) is 0. The highest BCUT2D eigenvalue weighted by Crippen LogP contribution is 2.75. The van der Waals surface area contributed by atoms with Gasteiger partial charge in [-0.15, -0.1) is 0 Å². The lowest BCUT2D eigenvalue weighted by molar-refractivity contribution is 0.417. The van der Waals surface area contributed by atoms with Gasteiger partial charge in [0.1, 0.15) is 11.5 Å². The summed E-state index contributed by atoms with van der Waals surface area (Å²) in [5.41, 5.74) is 0. The summed E-state index contributed by atoms with van der Waals surface area (Å²) < 4.78 is 17.1. The van der Waals surface area contributed by atoms with E-state index in [0.717, 1.165) is 22.1 Å². The second-order valence-electron chi connectivity index (χ2n) is 7.13. The maximum Gasteiger partial charge on any atom is 0.128 e. The molecule has 0 unspecified atom stereocenters. The van der Waals surface area contributed by atoms with Crippen LogP contribution >= 0.6 is 14.4 Å². The van der Waals surface area contributed by atoms with Crippen molar-refractivity contribution in [3.8, 4) is 11.5 Å². The van der Waals surface area contributed by atoms with Crippen molar-refractivity contribution in [1.29, 1.82) is 0 Å². The van der Waals surface area contributed by atoms with E-state index in [2.05, 4.69) is 84.9 Å². The zero-order valence-electron chi connectivity index (χ0n) is 18.6. The van der Waals surface area contributed by atoms with E-state index in [1.807, 2.05) is 31.3 Å². The molecule has 4 aromatic rings.